The van der Waals surface area contributed by atoms with E-state index < -0.39 is 8.07 Å². The van der Waals surface area contributed by atoms with Crippen molar-refractivity contribution in [1.29, 1.82) is 5.26 Å². The van der Waals surface area contributed by atoms with Gasteiger partial charge in [-0.3, -0.25) is 9.36 Å². The number of fused-ring (bicyclic) bond motifs is 1. The van der Waals surface area contributed by atoms with E-state index in [4.69, 9.17) is 24.7 Å². The van der Waals surface area contributed by atoms with Crippen LogP contribution in [0.1, 0.15) is 10.4 Å². The molecule has 42 heavy (non-hydrogen) atoms. The van der Waals surface area contributed by atoms with Gasteiger partial charge in [-0.1, -0.05) is 43.9 Å². The van der Waals surface area contributed by atoms with Gasteiger partial charge < -0.3 is 19.3 Å². The Morgan fingerprint density at radius 1 is 1.02 bits per heavy atom. The third kappa shape index (κ3) is 6.87. The number of ether oxygens (including phenoxy) is 2. The van der Waals surface area contributed by atoms with Crippen LogP contribution in [0.3, 0.4) is 0 Å². The second-order valence-electron chi connectivity index (χ2n) is 11.9. The first-order chi connectivity index (χ1) is 20.2. The van der Waals surface area contributed by atoms with E-state index in [0.717, 1.165) is 65.9 Å². The fourth-order valence-corrected chi connectivity index (χ4v) is 5.71. The lowest BCUT2D eigenvalue weighted by Gasteiger charge is -2.32. The van der Waals surface area contributed by atoms with Crippen LogP contribution in [0, 0.1) is 11.3 Å². The quantitative estimate of drug-likeness (QED) is 0.183. The van der Waals surface area contributed by atoms with E-state index >= 15 is 0 Å². The molecule has 1 aliphatic rings. The average Bonchev–Trinajstić information content (AvgIpc) is 3.36. The number of hydrogen-bond acceptors (Lipinski definition) is 7. The van der Waals surface area contributed by atoms with Crippen molar-refractivity contribution in [2.75, 3.05) is 46.4 Å². The number of aromatic nitrogens is 3. The van der Waals surface area contributed by atoms with Gasteiger partial charge >= 0.3 is 0 Å². The topological polar surface area (TPSA) is 96.5 Å². The summed E-state index contributed by atoms with van der Waals surface area (Å²) in [5.74, 6) is 1.41. The second kappa shape index (κ2) is 12.9. The molecule has 3 heterocycles. The summed E-state index contributed by atoms with van der Waals surface area (Å²) in [4.78, 5) is 27.1. The maximum absolute atomic E-state index is 13.1. The maximum atomic E-state index is 13.1. The number of nitriles is 1. The average molecular weight is 583 g/mol. The third-order valence-electron chi connectivity index (χ3n) is 7.48. The molecule has 1 aliphatic heterocycles. The van der Waals surface area contributed by atoms with Gasteiger partial charge in [-0.05, 0) is 49.0 Å². The zero-order chi connectivity index (χ0) is 29.7. The Kier molecular flexibility index (Phi) is 9.02. The number of carbonyl (C=O) groups is 1. The number of piperazine rings is 1. The minimum atomic E-state index is -1.25. The van der Waals surface area contributed by atoms with Crippen molar-refractivity contribution < 1.29 is 14.3 Å². The van der Waals surface area contributed by atoms with E-state index in [0.29, 0.717) is 24.7 Å². The van der Waals surface area contributed by atoms with Crippen molar-refractivity contribution in [2.45, 2.75) is 32.4 Å². The molecule has 218 valence electrons. The fraction of sp³-hybridized carbons (Fsp3) is 0.375. The van der Waals surface area contributed by atoms with Gasteiger partial charge in [-0.2, -0.15) is 5.26 Å². The van der Waals surface area contributed by atoms with E-state index in [1.54, 1.807) is 6.20 Å². The van der Waals surface area contributed by atoms with Crippen LogP contribution >= 0.6 is 0 Å². The molecule has 5 rings (SSSR count). The first-order valence-corrected chi connectivity index (χ1v) is 18.1. The van der Waals surface area contributed by atoms with E-state index in [-0.39, 0.29) is 12.5 Å². The molecule has 0 saturated carbocycles. The monoisotopic (exact) mass is 582 g/mol. The number of benzene rings is 2. The van der Waals surface area contributed by atoms with Gasteiger partial charge in [-0.15, -0.1) is 0 Å². The van der Waals surface area contributed by atoms with Crippen LogP contribution < -0.4 is 4.74 Å². The lowest BCUT2D eigenvalue weighted by Crippen LogP contribution is -2.47. The molecule has 0 radical (unpaired) electrons. The van der Waals surface area contributed by atoms with Crippen LogP contribution in [0.25, 0.3) is 33.7 Å². The standard InChI is InChI=1S/C32H38N6O3Si/c1-36-15-17-37(18-16-36)32(39)25-10-8-24(9-11-25)30-35-29-28(26-6-5-7-27(22-26)41-19-13-33)12-14-34-31(29)38(30)23-40-20-21-42(2,3)4/h5-12,14,22H,15-21,23H2,1-4H3. The fourth-order valence-electron chi connectivity index (χ4n) is 4.95. The zero-order valence-corrected chi connectivity index (χ0v) is 25.8. The summed E-state index contributed by atoms with van der Waals surface area (Å²) in [5, 5.41) is 8.92. The molecule has 1 fully saturated rings. The van der Waals surface area contributed by atoms with E-state index in [2.05, 4.69) is 31.6 Å². The first-order valence-electron chi connectivity index (χ1n) is 14.3. The molecular weight excluding hydrogens is 544 g/mol. The largest absolute Gasteiger partial charge is 0.479 e. The molecule has 0 unspecified atom stereocenters. The number of hydrogen-bond donors (Lipinski definition) is 0. The van der Waals surface area contributed by atoms with Crippen LogP contribution in [0.4, 0.5) is 0 Å². The second-order valence-corrected chi connectivity index (χ2v) is 17.5. The van der Waals surface area contributed by atoms with E-state index in [1.165, 1.54) is 0 Å². The molecule has 2 aromatic heterocycles. The highest BCUT2D eigenvalue weighted by Gasteiger charge is 2.22. The van der Waals surface area contributed by atoms with Gasteiger partial charge in [0.25, 0.3) is 5.91 Å². The highest BCUT2D eigenvalue weighted by molar-refractivity contribution is 6.76. The lowest BCUT2D eigenvalue weighted by atomic mass is 10.1. The molecule has 0 aliphatic carbocycles. The third-order valence-corrected chi connectivity index (χ3v) is 9.18. The van der Waals surface area contributed by atoms with Gasteiger partial charge in [0.1, 0.15) is 29.9 Å². The molecule has 1 amide bonds. The number of rotatable bonds is 10. The Labute approximate surface area is 248 Å². The van der Waals surface area contributed by atoms with Gasteiger partial charge in [0, 0.05) is 63.7 Å². The number of imidazole rings is 1. The van der Waals surface area contributed by atoms with Gasteiger partial charge in [0.15, 0.2) is 12.3 Å². The van der Waals surface area contributed by atoms with Crippen LogP contribution in [0.2, 0.25) is 25.7 Å². The minimum Gasteiger partial charge on any atom is -0.479 e. The van der Waals surface area contributed by atoms with Crippen molar-refractivity contribution >= 4 is 25.1 Å². The Bertz CT molecular complexity index is 1580. The summed E-state index contributed by atoms with van der Waals surface area (Å²) in [6.07, 6.45) is 1.78. The molecule has 1 saturated heterocycles. The lowest BCUT2D eigenvalue weighted by molar-refractivity contribution is 0.0664. The summed E-state index contributed by atoms with van der Waals surface area (Å²) >= 11 is 0. The smallest absolute Gasteiger partial charge is 0.253 e. The first kappa shape index (κ1) is 29.4. The minimum absolute atomic E-state index is 0.0178. The molecule has 0 spiro atoms. The van der Waals surface area contributed by atoms with Crippen LogP contribution in [0.5, 0.6) is 5.75 Å². The highest BCUT2D eigenvalue weighted by Crippen LogP contribution is 2.33. The summed E-state index contributed by atoms with van der Waals surface area (Å²) < 4.78 is 13.7. The molecule has 9 nitrogen and oxygen atoms in total. The summed E-state index contributed by atoms with van der Waals surface area (Å²) in [7, 11) is 0.830. The molecule has 0 bridgehead atoms. The molecule has 0 atom stereocenters. The Hall–Kier alpha value is -4.04. The normalized spacial score (nSPS) is 14.2. The Morgan fingerprint density at radius 2 is 1.79 bits per heavy atom. The van der Waals surface area contributed by atoms with Gasteiger partial charge in [0.2, 0.25) is 0 Å². The number of nitrogens with zero attached hydrogens (tertiary/aromatic N) is 6. The van der Waals surface area contributed by atoms with E-state index in [9.17, 15) is 4.79 Å². The number of amides is 1. The molecule has 4 aromatic rings. The Morgan fingerprint density at radius 3 is 2.50 bits per heavy atom. The molecule has 0 N–H and O–H groups in total. The van der Waals surface area contributed by atoms with Crippen molar-refractivity contribution in [2.24, 2.45) is 0 Å². The van der Waals surface area contributed by atoms with Crippen molar-refractivity contribution in [1.82, 2.24) is 24.3 Å². The van der Waals surface area contributed by atoms with Gasteiger partial charge in [-0.25, -0.2) is 9.97 Å². The van der Waals surface area contributed by atoms with Crippen LogP contribution in [-0.4, -0.2) is 84.8 Å². The molecule has 10 heteroatoms. The van der Waals surface area contributed by atoms with Gasteiger partial charge in [0.05, 0.1) is 0 Å². The zero-order valence-electron chi connectivity index (χ0n) is 24.8. The molecule has 2 aromatic carbocycles. The number of carbonyl (C=O) groups excluding carboxylic acids is 1. The van der Waals surface area contributed by atoms with Crippen molar-refractivity contribution in [3.05, 3.63) is 66.4 Å². The summed E-state index contributed by atoms with van der Waals surface area (Å²) in [5.41, 5.74) is 4.85. The summed E-state index contributed by atoms with van der Waals surface area (Å²) in [6, 6.07) is 20.3. The molecular formula is C32H38N6O3Si. The predicted molar refractivity (Wildman–Crippen MR) is 167 cm³/mol. The van der Waals surface area contributed by atoms with Crippen molar-refractivity contribution in [3.8, 4) is 34.3 Å². The number of likely N-dealkylation sites (N-methyl/N-ethyl adjacent to an activating group) is 1. The van der Waals surface area contributed by atoms with Crippen LogP contribution in [0.15, 0.2) is 60.8 Å². The SMILES string of the molecule is CN1CCN(C(=O)c2ccc(-c3nc4c(-c5cccc(OCC#N)c5)ccnc4n3COCC[Si](C)(C)C)cc2)CC1. The van der Waals surface area contributed by atoms with Crippen molar-refractivity contribution in [3.63, 3.8) is 0 Å². The Balaban J connectivity index is 1.50. The highest BCUT2D eigenvalue weighted by atomic mass is 28.3. The van der Waals surface area contributed by atoms with Crippen LogP contribution in [-0.2, 0) is 11.5 Å². The van der Waals surface area contributed by atoms with E-state index in [1.807, 2.05) is 70.1 Å². The summed E-state index contributed by atoms with van der Waals surface area (Å²) in [6.45, 7) is 11.2. The predicted octanol–water partition coefficient (Wildman–Crippen LogP) is 5.37. The number of pyridine rings is 1. The maximum Gasteiger partial charge on any atom is 0.253 e.